The summed E-state index contributed by atoms with van der Waals surface area (Å²) in [5.41, 5.74) is 7.21. The van der Waals surface area contributed by atoms with Gasteiger partial charge in [-0.2, -0.15) is 10.2 Å². The van der Waals surface area contributed by atoms with Crippen LogP contribution in [0.1, 0.15) is 13.8 Å². The Morgan fingerprint density at radius 2 is 1.90 bits per heavy atom. The second-order valence-electron chi connectivity index (χ2n) is 9.51. The van der Waals surface area contributed by atoms with Crippen molar-refractivity contribution in [1.82, 2.24) is 35.3 Å². The Hall–Kier alpha value is -4.50. The molecule has 2 N–H and O–H groups in total. The molecule has 1 aliphatic heterocycles. The van der Waals surface area contributed by atoms with Crippen LogP contribution in [0.2, 0.25) is 0 Å². The number of hydrogen-bond acceptors (Lipinski definition) is 6. The molecule has 3 aromatic heterocycles. The Bertz CT molecular complexity index is 1700. The molecular weight excluding hydrogens is 483 g/mol. The van der Waals surface area contributed by atoms with Crippen molar-refractivity contribution in [2.45, 2.75) is 13.8 Å². The maximum Gasteiger partial charge on any atom is 0.196 e. The SMILES string of the molecule is C\C=C/C=C(\C=C/C)n1cc([B]c2ccc3[nH]ncc3c2-c2ccc3c(N4CCNCC4)ncnc3c2)cn1. The first kappa shape index (κ1) is 24.8. The van der Waals surface area contributed by atoms with Gasteiger partial charge in [-0.15, -0.1) is 0 Å². The smallest absolute Gasteiger partial charge is 0.196 e. The highest BCUT2D eigenvalue weighted by atomic mass is 15.3. The van der Waals surface area contributed by atoms with Crippen molar-refractivity contribution in [3.05, 3.63) is 85.6 Å². The van der Waals surface area contributed by atoms with Crippen LogP contribution in [-0.2, 0) is 0 Å². The summed E-state index contributed by atoms with van der Waals surface area (Å²) in [6.07, 6.45) is 17.6. The Labute approximate surface area is 228 Å². The predicted molar refractivity (Wildman–Crippen MR) is 161 cm³/mol. The van der Waals surface area contributed by atoms with Gasteiger partial charge in [-0.05, 0) is 60.8 Å². The van der Waals surface area contributed by atoms with Crippen LogP contribution in [0.15, 0.2) is 85.6 Å². The molecule has 0 atom stereocenters. The van der Waals surface area contributed by atoms with Gasteiger partial charge in [0, 0.05) is 49.3 Å². The Morgan fingerprint density at radius 3 is 2.74 bits per heavy atom. The number of fused-ring (bicyclic) bond motifs is 2. The maximum absolute atomic E-state index is 4.65. The zero-order chi connectivity index (χ0) is 26.6. The number of anilines is 1. The monoisotopic (exact) mass is 513 g/mol. The number of benzene rings is 2. The van der Waals surface area contributed by atoms with E-state index in [1.807, 2.05) is 67.5 Å². The van der Waals surface area contributed by atoms with Gasteiger partial charge in [0.1, 0.15) is 12.1 Å². The number of piperazine rings is 1. The van der Waals surface area contributed by atoms with E-state index in [0.29, 0.717) is 0 Å². The lowest BCUT2D eigenvalue weighted by Crippen LogP contribution is -2.44. The minimum absolute atomic E-state index is 0.931. The van der Waals surface area contributed by atoms with E-state index in [1.165, 1.54) is 0 Å². The van der Waals surface area contributed by atoms with Crippen molar-refractivity contribution >= 4 is 51.5 Å². The summed E-state index contributed by atoms with van der Waals surface area (Å²) < 4.78 is 1.90. The van der Waals surface area contributed by atoms with Gasteiger partial charge in [-0.1, -0.05) is 35.8 Å². The van der Waals surface area contributed by atoms with Crippen molar-refractivity contribution in [2.75, 3.05) is 31.1 Å². The molecule has 39 heavy (non-hydrogen) atoms. The minimum atomic E-state index is 0.931. The number of hydrogen-bond donors (Lipinski definition) is 2. The van der Waals surface area contributed by atoms with Crippen LogP contribution >= 0.6 is 0 Å². The summed E-state index contributed by atoms with van der Waals surface area (Å²) >= 11 is 0. The average Bonchev–Trinajstić information content (AvgIpc) is 3.65. The molecule has 0 amide bonds. The largest absolute Gasteiger partial charge is 0.353 e. The number of rotatable bonds is 7. The van der Waals surface area contributed by atoms with Crippen LogP contribution in [0.25, 0.3) is 38.6 Å². The lowest BCUT2D eigenvalue weighted by atomic mass is 9.62. The van der Waals surface area contributed by atoms with E-state index in [0.717, 1.165) is 81.6 Å². The summed E-state index contributed by atoms with van der Waals surface area (Å²) in [7, 11) is 2.17. The number of aromatic nitrogens is 6. The maximum atomic E-state index is 4.65. The van der Waals surface area contributed by atoms with Crippen molar-refractivity contribution in [2.24, 2.45) is 0 Å². The molecule has 8 nitrogen and oxygen atoms in total. The van der Waals surface area contributed by atoms with Gasteiger partial charge >= 0.3 is 0 Å². The average molecular weight is 513 g/mol. The molecule has 6 rings (SSSR count). The van der Waals surface area contributed by atoms with Gasteiger partial charge in [0.25, 0.3) is 0 Å². The molecule has 0 bridgehead atoms. The zero-order valence-corrected chi connectivity index (χ0v) is 22.2. The molecule has 2 aromatic carbocycles. The lowest BCUT2D eigenvalue weighted by Gasteiger charge is -2.29. The number of nitrogens with one attached hydrogen (secondary N) is 2. The molecule has 1 saturated heterocycles. The molecule has 5 aromatic rings. The summed E-state index contributed by atoms with van der Waals surface area (Å²) in [6.45, 7) is 7.81. The molecule has 4 heterocycles. The van der Waals surface area contributed by atoms with E-state index in [9.17, 15) is 0 Å². The number of nitrogens with zero attached hydrogens (tertiary/aromatic N) is 6. The third-order valence-electron chi connectivity index (χ3n) is 6.96. The molecule has 0 spiro atoms. The Morgan fingerprint density at radius 1 is 1.00 bits per heavy atom. The molecule has 1 aliphatic rings. The zero-order valence-electron chi connectivity index (χ0n) is 22.2. The predicted octanol–water partition coefficient (Wildman–Crippen LogP) is 3.43. The van der Waals surface area contributed by atoms with Gasteiger partial charge in [-0.3, -0.25) is 5.10 Å². The summed E-state index contributed by atoms with van der Waals surface area (Å²) in [4.78, 5) is 11.6. The van der Waals surface area contributed by atoms with Crippen LogP contribution in [0, 0.1) is 0 Å². The Balaban J connectivity index is 1.40. The van der Waals surface area contributed by atoms with Crippen LogP contribution < -0.4 is 21.1 Å². The first-order chi connectivity index (χ1) is 19.2. The Kier molecular flexibility index (Phi) is 7.06. The van der Waals surface area contributed by atoms with E-state index in [1.54, 1.807) is 6.33 Å². The number of H-pyrrole nitrogens is 1. The fraction of sp³-hybridized carbons (Fsp3) is 0.200. The number of allylic oxidation sites excluding steroid dienone is 6. The first-order valence-electron chi connectivity index (χ1n) is 13.3. The summed E-state index contributed by atoms with van der Waals surface area (Å²) in [5.74, 6) is 0.997. The van der Waals surface area contributed by atoms with Crippen molar-refractivity contribution in [1.29, 1.82) is 0 Å². The van der Waals surface area contributed by atoms with E-state index >= 15 is 0 Å². The van der Waals surface area contributed by atoms with Crippen molar-refractivity contribution < 1.29 is 0 Å². The van der Waals surface area contributed by atoms with Gasteiger partial charge in [0.15, 0.2) is 7.28 Å². The van der Waals surface area contributed by atoms with E-state index in [4.69, 9.17) is 0 Å². The van der Waals surface area contributed by atoms with Crippen LogP contribution in [0.4, 0.5) is 5.82 Å². The summed E-state index contributed by atoms with van der Waals surface area (Å²) in [6, 6.07) is 10.7. The standard InChI is InChI=1S/C30H30BN8/c1-3-5-7-23(6-4-2)39-19-22(17-36-39)31-26-10-11-27-25(18-35-37-27)29(26)21-8-9-24-28(16-21)33-20-34-30(24)38-14-12-32-13-15-38/h3-11,16-20,32H,12-15H2,1-2H3,(H,35,37)/b5-3-,6-4-,23-7+. The summed E-state index contributed by atoms with van der Waals surface area (Å²) in [5, 5.41) is 17.6. The van der Waals surface area contributed by atoms with Gasteiger partial charge in [0.05, 0.1) is 22.9 Å². The van der Waals surface area contributed by atoms with Crippen molar-refractivity contribution in [3.63, 3.8) is 0 Å². The second kappa shape index (κ2) is 11.1. The normalized spacial score (nSPS) is 14.8. The van der Waals surface area contributed by atoms with E-state index in [2.05, 4.69) is 73.1 Å². The fourth-order valence-electron chi connectivity index (χ4n) is 5.11. The molecule has 0 saturated carbocycles. The number of aromatic amines is 1. The van der Waals surface area contributed by atoms with E-state index in [-0.39, 0.29) is 0 Å². The fourth-order valence-corrected chi connectivity index (χ4v) is 5.11. The minimum Gasteiger partial charge on any atom is -0.353 e. The molecule has 193 valence electrons. The third kappa shape index (κ3) is 5.01. The van der Waals surface area contributed by atoms with E-state index < -0.39 is 0 Å². The van der Waals surface area contributed by atoms with Crippen molar-refractivity contribution in [3.8, 4) is 11.1 Å². The van der Waals surface area contributed by atoms with Crippen LogP contribution in [-0.4, -0.2) is 63.4 Å². The van der Waals surface area contributed by atoms with Crippen LogP contribution in [0.5, 0.6) is 0 Å². The van der Waals surface area contributed by atoms with Crippen LogP contribution in [0.3, 0.4) is 0 Å². The molecule has 1 fully saturated rings. The highest BCUT2D eigenvalue weighted by Crippen LogP contribution is 2.31. The molecular formula is C30H30BN8. The molecule has 0 unspecified atom stereocenters. The van der Waals surface area contributed by atoms with Gasteiger partial charge in [0.2, 0.25) is 0 Å². The second-order valence-corrected chi connectivity index (χ2v) is 9.51. The quantitative estimate of drug-likeness (QED) is 0.256. The lowest BCUT2D eigenvalue weighted by molar-refractivity contribution is 0.586. The highest BCUT2D eigenvalue weighted by Gasteiger charge is 2.18. The highest BCUT2D eigenvalue weighted by molar-refractivity contribution is 6.69. The molecule has 0 aliphatic carbocycles. The van der Waals surface area contributed by atoms with Gasteiger partial charge in [-0.25, -0.2) is 14.6 Å². The van der Waals surface area contributed by atoms with Gasteiger partial charge < -0.3 is 10.2 Å². The first-order valence-corrected chi connectivity index (χ1v) is 13.3. The third-order valence-corrected chi connectivity index (χ3v) is 6.96. The molecule has 1 radical (unpaired) electrons. The topological polar surface area (TPSA) is 87.5 Å². The molecule has 9 heteroatoms.